The second kappa shape index (κ2) is 9.54. The highest BCUT2D eigenvalue weighted by Gasteiger charge is 2.49. The average Bonchev–Trinajstić information content (AvgIpc) is 3.22. The molecule has 0 saturated carbocycles. The van der Waals surface area contributed by atoms with Gasteiger partial charge in [0, 0.05) is 18.8 Å². The summed E-state index contributed by atoms with van der Waals surface area (Å²) in [6.45, 7) is 13.7. The van der Waals surface area contributed by atoms with Gasteiger partial charge >= 0.3 is 12.1 Å². The Labute approximate surface area is 189 Å². The molecule has 0 aliphatic carbocycles. The largest absolute Gasteiger partial charge is 0.468 e. The van der Waals surface area contributed by atoms with Gasteiger partial charge in [-0.15, -0.1) is 11.8 Å². The zero-order chi connectivity index (χ0) is 23.6. The number of thioether (sulfide) groups is 1. The molecule has 0 aromatic carbocycles. The van der Waals surface area contributed by atoms with Crippen molar-refractivity contribution in [3.8, 4) is 0 Å². The van der Waals surface area contributed by atoms with E-state index in [9.17, 15) is 14.4 Å². The minimum absolute atomic E-state index is 0.233. The SMILES string of the molecule is COC(=O)[C@@H]1CSC2(CCN(C(=O)[C@@H](NC(=O)OC(C)(C)C)[C@@H](C)OC(C)(C)C)C2)N1. The summed E-state index contributed by atoms with van der Waals surface area (Å²) in [6, 6.07) is -1.28. The Bertz CT molecular complexity index is 690. The Morgan fingerprint density at radius 1 is 1.16 bits per heavy atom. The van der Waals surface area contributed by atoms with Gasteiger partial charge < -0.3 is 24.4 Å². The van der Waals surface area contributed by atoms with E-state index in [-0.39, 0.29) is 22.8 Å². The van der Waals surface area contributed by atoms with E-state index in [4.69, 9.17) is 14.2 Å². The molecule has 178 valence electrons. The first-order valence-electron chi connectivity index (χ1n) is 10.6. The lowest BCUT2D eigenvalue weighted by molar-refractivity contribution is -0.142. The quantitative estimate of drug-likeness (QED) is 0.601. The van der Waals surface area contributed by atoms with Gasteiger partial charge in [-0.2, -0.15) is 0 Å². The number of ether oxygens (including phenoxy) is 3. The van der Waals surface area contributed by atoms with Crippen LogP contribution < -0.4 is 10.6 Å². The number of carbonyl (C=O) groups is 3. The highest BCUT2D eigenvalue weighted by atomic mass is 32.2. The first-order chi connectivity index (χ1) is 14.1. The van der Waals surface area contributed by atoms with Crippen LogP contribution in [0.25, 0.3) is 0 Å². The van der Waals surface area contributed by atoms with Crippen molar-refractivity contribution in [2.75, 3.05) is 26.0 Å². The summed E-state index contributed by atoms with van der Waals surface area (Å²) in [6.07, 6.45) is -0.531. The van der Waals surface area contributed by atoms with Gasteiger partial charge in [-0.3, -0.25) is 14.9 Å². The van der Waals surface area contributed by atoms with E-state index in [0.29, 0.717) is 25.3 Å². The lowest BCUT2D eigenvalue weighted by Gasteiger charge is -2.33. The number of alkyl carbamates (subject to hydrolysis) is 1. The van der Waals surface area contributed by atoms with Crippen LogP contribution in [0.15, 0.2) is 0 Å². The molecule has 10 heteroatoms. The summed E-state index contributed by atoms with van der Waals surface area (Å²) in [5, 5.41) is 6.04. The minimum atomic E-state index is -0.896. The molecule has 4 atom stereocenters. The van der Waals surface area contributed by atoms with Crippen LogP contribution in [-0.2, 0) is 23.8 Å². The number of amides is 2. The van der Waals surface area contributed by atoms with Crippen molar-refractivity contribution in [1.82, 2.24) is 15.5 Å². The summed E-state index contributed by atoms with van der Waals surface area (Å²) < 4.78 is 16.2. The van der Waals surface area contributed by atoms with Crippen LogP contribution in [0, 0.1) is 0 Å². The number of carbonyl (C=O) groups excluding carboxylic acids is 3. The zero-order valence-corrected chi connectivity index (χ0v) is 20.7. The third-order valence-electron chi connectivity index (χ3n) is 4.94. The molecular formula is C21H37N3O6S. The van der Waals surface area contributed by atoms with E-state index in [0.717, 1.165) is 0 Å². The molecule has 2 aliphatic heterocycles. The molecule has 2 amide bonds. The summed E-state index contributed by atoms with van der Waals surface area (Å²) >= 11 is 1.63. The molecule has 0 aromatic heterocycles. The summed E-state index contributed by atoms with van der Waals surface area (Å²) in [4.78, 5) is 39.1. The van der Waals surface area contributed by atoms with Crippen LogP contribution in [0.2, 0.25) is 0 Å². The standard InChI is InChI=1S/C21H37N3O6S/c1-13(29-19(2,3)4)15(22-18(27)30-20(5,6)7)16(25)24-10-9-21(12-24)23-14(11-31-21)17(26)28-8/h13-15,23H,9-12H2,1-8H3,(H,22,27)/t13-,14+,15+,21?/m1/s1. The molecule has 1 unspecified atom stereocenters. The zero-order valence-electron chi connectivity index (χ0n) is 19.9. The number of rotatable bonds is 5. The highest BCUT2D eigenvalue weighted by molar-refractivity contribution is 8.01. The maximum atomic E-state index is 13.4. The van der Waals surface area contributed by atoms with E-state index in [1.54, 1.807) is 44.4 Å². The van der Waals surface area contributed by atoms with Gasteiger partial charge in [0.25, 0.3) is 0 Å². The van der Waals surface area contributed by atoms with E-state index in [2.05, 4.69) is 10.6 Å². The predicted octanol–water partition coefficient (Wildman–Crippen LogP) is 1.89. The summed E-state index contributed by atoms with van der Waals surface area (Å²) in [7, 11) is 1.37. The molecule has 2 heterocycles. The van der Waals surface area contributed by atoms with Crippen molar-refractivity contribution in [1.29, 1.82) is 0 Å². The molecule has 9 nitrogen and oxygen atoms in total. The fourth-order valence-electron chi connectivity index (χ4n) is 3.76. The average molecular weight is 460 g/mol. The Morgan fingerprint density at radius 2 is 1.81 bits per heavy atom. The highest BCUT2D eigenvalue weighted by Crippen LogP contribution is 2.39. The van der Waals surface area contributed by atoms with Gasteiger partial charge in [0.15, 0.2) is 0 Å². The van der Waals surface area contributed by atoms with E-state index in [1.165, 1.54) is 7.11 Å². The predicted molar refractivity (Wildman–Crippen MR) is 119 cm³/mol. The first-order valence-corrected chi connectivity index (χ1v) is 11.6. The molecule has 1 spiro atoms. The maximum Gasteiger partial charge on any atom is 0.408 e. The van der Waals surface area contributed by atoms with Crippen molar-refractivity contribution in [3.05, 3.63) is 0 Å². The van der Waals surface area contributed by atoms with Crippen LogP contribution in [-0.4, -0.2) is 83.1 Å². The molecule has 2 rings (SSSR count). The third-order valence-corrected chi connectivity index (χ3v) is 6.44. The summed E-state index contributed by atoms with van der Waals surface area (Å²) in [5.74, 6) is 0.0619. The van der Waals surface area contributed by atoms with Crippen molar-refractivity contribution in [2.45, 2.75) is 89.1 Å². The van der Waals surface area contributed by atoms with Gasteiger partial charge in [-0.25, -0.2) is 4.79 Å². The molecule has 2 fully saturated rings. The Balaban J connectivity index is 2.11. The van der Waals surface area contributed by atoms with Gasteiger partial charge in [0.1, 0.15) is 17.7 Å². The van der Waals surface area contributed by atoms with Crippen LogP contribution in [0.3, 0.4) is 0 Å². The number of hydrogen-bond acceptors (Lipinski definition) is 8. The lowest BCUT2D eigenvalue weighted by atomic mass is 10.1. The van der Waals surface area contributed by atoms with Crippen molar-refractivity contribution in [2.24, 2.45) is 0 Å². The molecule has 31 heavy (non-hydrogen) atoms. The van der Waals surface area contributed by atoms with Gasteiger partial charge in [-0.1, -0.05) is 0 Å². The Morgan fingerprint density at radius 3 is 2.35 bits per heavy atom. The lowest BCUT2D eigenvalue weighted by Crippen LogP contribution is -2.56. The van der Waals surface area contributed by atoms with Crippen molar-refractivity contribution in [3.63, 3.8) is 0 Å². The maximum absolute atomic E-state index is 13.4. The van der Waals surface area contributed by atoms with Gasteiger partial charge in [0.2, 0.25) is 5.91 Å². The third kappa shape index (κ3) is 7.25. The van der Waals surface area contributed by atoms with Crippen LogP contribution in [0.1, 0.15) is 54.9 Å². The molecular weight excluding hydrogens is 422 g/mol. The Kier molecular flexibility index (Phi) is 7.92. The van der Waals surface area contributed by atoms with Gasteiger partial charge in [0.05, 0.1) is 23.7 Å². The monoisotopic (exact) mass is 459 g/mol. The topological polar surface area (TPSA) is 106 Å². The summed E-state index contributed by atoms with van der Waals surface area (Å²) in [5.41, 5.74) is -1.17. The number of hydrogen-bond donors (Lipinski definition) is 2. The molecule has 2 aliphatic rings. The number of nitrogens with one attached hydrogen (secondary N) is 2. The van der Waals surface area contributed by atoms with Crippen LogP contribution >= 0.6 is 11.8 Å². The fourth-order valence-corrected chi connectivity index (χ4v) is 5.17. The second-order valence-electron chi connectivity index (χ2n) is 10.1. The van der Waals surface area contributed by atoms with E-state index in [1.807, 2.05) is 20.8 Å². The number of methoxy groups -OCH3 is 1. The van der Waals surface area contributed by atoms with Crippen LogP contribution in [0.5, 0.6) is 0 Å². The molecule has 2 N–H and O–H groups in total. The fraction of sp³-hybridized carbons (Fsp3) is 0.857. The molecule has 2 saturated heterocycles. The first kappa shape index (κ1) is 25.7. The normalized spacial score (nSPS) is 25.9. The van der Waals surface area contributed by atoms with Crippen LogP contribution in [0.4, 0.5) is 4.79 Å². The smallest absolute Gasteiger partial charge is 0.408 e. The molecule has 0 aromatic rings. The van der Waals surface area contributed by atoms with Gasteiger partial charge in [-0.05, 0) is 54.9 Å². The number of nitrogens with zero attached hydrogens (tertiary/aromatic N) is 1. The van der Waals surface area contributed by atoms with Crippen molar-refractivity contribution >= 4 is 29.7 Å². The van der Waals surface area contributed by atoms with Crippen molar-refractivity contribution < 1.29 is 28.6 Å². The number of likely N-dealkylation sites (tertiary alicyclic amines) is 1. The van der Waals surface area contributed by atoms with E-state index >= 15 is 0 Å². The molecule has 0 bridgehead atoms. The second-order valence-corrected chi connectivity index (χ2v) is 11.5. The Hall–Kier alpha value is -1.52. The molecule has 0 radical (unpaired) electrons. The van der Waals surface area contributed by atoms with E-state index < -0.39 is 29.4 Å². The number of esters is 1. The minimum Gasteiger partial charge on any atom is -0.468 e.